The second kappa shape index (κ2) is 8.50. The molecule has 0 radical (unpaired) electrons. The molecule has 2 aliphatic rings. The molecule has 0 aromatic rings. The Morgan fingerprint density at radius 2 is 2.13 bits per heavy atom. The van der Waals surface area contributed by atoms with Crippen LogP contribution in [0.25, 0.3) is 0 Å². The van der Waals surface area contributed by atoms with Crippen molar-refractivity contribution in [2.45, 2.75) is 25.7 Å². The zero-order chi connectivity index (χ0) is 16.9. The summed E-state index contributed by atoms with van der Waals surface area (Å²) in [7, 11) is -0.542. The first-order valence-corrected chi connectivity index (χ1v) is 11.5. The first kappa shape index (κ1) is 18.8. The molecule has 1 unspecified atom stereocenters. The lowest BCUT2D eigenvalue weighted by molar-refractivity contribution is 0.119. The topological polar surface area (TPSA) is 21.6 Å². The van der Waals surface area contributed by atoms with E-state index < -0.39 is 10.0 Å². The monoisotopic (exact) mass is 359 g/mol. The highest BCUT2D eigenvalue weighted by atomic mass is 35.5. The molecule has 2 nitrogen and oxygen atoms in total. The predicted molar refractivity (Wildman–Crippen MR) is 102 cm³/mol. The van der Waals surface area contributed by atoms with Gasteiger partial charge in [-0.1, -0.05) is 23.3 Å². The van der Waals surface area contributed by atoms with Crippen molar-refractivity contribution >= 4 is 26.8 Å². The van der Waals surface area contributed by atoms with Gasteiger partial charge in [0.2, 0.25) is 0 Å². The Morgan fingerprint density at radius 1 is 1.35 bits per heavy atom. The van der Waals surface area contributed by atoms with E-state index in [0.717, 1.165) is 43.6 Å². The molecule has 1 heterocycles. The number of ether oxygens (including phenoxy) is 1. The van der Waals surface area contributed by atoms with E-state index in [1.54, 1.807) is 12.3 Å². The van der Waals surface area contributed by atoms with Crippen LogP contribution >= 0.6 is 21.6 Å². The van der Waals surface area contributed by atoms with Gasteiger partial charge in [-0.2, -0.15) is 0 Å². The SMILES string of the molecule is CS(C)(C)CCOCC1CCC=C(F)C2=C1CCC=CN=C2Cl. The Bertz CT molecular complexity index is 546. The summed E-state index contributed by atoms with van der Waals surface area (Å²) >= 11 is 6.24. The molecule has 1 atom stereocenters. The molecule has 5 heteroatoms. The summed E-state index contributed by atoms with van der Waals surface area (Å²) in [5.41, 5.74) is 1.57. The number of hydrogen-bond acceptors (Lipinski definition) is 2. The molecular formula is C18H27ClFNOS. The number of hydrogen-bond donors (Lipinski definition) is 0. The van der Waals surface area contributed by atoms with Gasteiger partial charge in [-0.25, -0.2) is 19.4 Å². The largest absolute Gasteiger partial charge is 0.380 e. The zero-order valence-corrected chi connectivity index (χ0v) is 15.9. The molecule has 0 N–H and O–H groups in total. The van der Waals surface area contributed by atoms with Crippen LogP contribution in [-0.2, 0) is 4.74 Å². The molecule has 0 aromatic heterocycles. The van der Waals surface area contributed by atoms with Crippen LogP contribution in [-0.4, -0.2) is 42.9 Å². The molecule has 0 fully saturated rings. The second-order valence-corrected chi connectivity index (χ2v) is 11.9. The summed E-state index contributed by atoms with van der Waals surface area (Å²) in [4.78, 5) is 4.15. The summed E-state index contributed by atoms with van der Waals surface area (Å²) in [6, 6.07) is 0. The molecule has 0 saturated heterocycles. The minimum absolute atomic E-state index is 0.222. The van der Waals surface area contributed by atoms with Crippen LogP contribution in [0.1, 0.15) is 25.7 Å². The van der Waals surface area contributed by atoms with Crippen molar-refractivity contribution in [3.05, 3.63) is 35.3 Å². The maximum Gasteiger partial charge on any atom is 0.139 e. The molecule has 130 valence electrons. The second-order valence-electron chi connectivity index (χ2n) is 6.94. The number of allylic oxidation sites excluding steroid dienone is 4. The van der Waals surface area contributed by atoms with E-state index >= 15 is 0 Å². The quantitative estimate of drug-likeness (QED) is 0.618. The van der Waals surface area contributed by atoms with E-state index in [4.69, 9.17) is 16.3 Å². The van der Waals surface area contributed by atoms with E-state index in [-0.39, 0.29) is 16.9 Å². The first-order valence-electron chi connectivity index (χ1n) is 8.10. The van der Waals surface area contributed by atoms with Crippen LogP contribution < -0.4 is 0 Å². The third-order valence-corrected chi connectivity index (χ3v) is 5.81. The lowest BCUT2D eigenvalue weighted by Gasteiger charge is -2.26. The Kier molecular flexibility index (Phi) is 6.93. The molecule has 23 heavy (non-hydrogen) atoms. The van der Waals surface area contributed by atoms with Crippen LogP contribution in [0.2, 0.25) is 0 Å². The Balaban J connectivity index is 2.12. The van der Waals surface area contributed by atoms with Gasteiger partial charge in [0.15, 0.2) is 0 Å². The van der Waals surface area contributed by atoms with Crippen LogP contribution in [0, 0.1) is 5.92 Å². The number of halogens is 2. The smallest absolute Gasteiger partial charge is 0.139 e. The molecule has 1 aliphatic carbocycles. The van der Waals surface area contributed by atoms with Crippen molar-refractivity contribution < 1.29 is 9.13 Å². The molecule has 0 aromatic carbocycles. The van der Waals surface area contributed by atoms with Crippen LogP contribution in [0.4, 0.5) is 4.39 Å². The van der Waals surface area contributed by atoms with Gasteiger partial charge in [-0.3, -0.25) is 0 Å². The molecule has 0 bridgehead atoms. The van der Waals surface area contributed by atoms with Gasteiger partial charge in [0, 0.05) is 23.4 Å². The highest BCUT2D eigenvalue weighted by Crippen LogP contribution is 2.36. The Hall–Kier alpha value is -0.580. The molecule has 0 amide bonds. The summed E-state index contributed by atoms with van der Waals surface area (Å²) in [6.45, 7) is 1.42. The molecule has 0 saturated carbocycles. The van der Waals surface area contributed by atoms with Gasteiger partial charge in [0.1, 0.15) is 11.0 Å². The van der Waals surface area contributed by atoms with Gasteiger partial charge in [-0.15, -0.1) is 0 Å². The highest BCUT2D eigenvalue weighted by molar-refractivity contribution is 8.32. The van der Waals surface area contributed by atoms with Crippen molar-refractivity contribution in [3.63, 3.8) is 0 Å². The summed E-state index contributed by atoms with van der Waals surface area (Å²) in [5.74, 6) is 1.09. The first-order chi connectivity index (χ1) is 10.9. The third-order valence-electron chi connectivity index (χ3n) is 4.13. The molecular weight excluding hydrogens is 333 g/mol. The minimum Gasteiger partial charge on any atom is -0.380 e. The normalized spacial score (nSPS) is 23.4. The fraction of sp³-hybridized carbons (Fsp3) is 0.611. The summed E-state index contributed by atoms with van der Waals surface area (Å²) < 4.78 is 20.4. The summed E-state index contributed by atoms with van der Waals surface area (Å²) in [6.07, 6.45) is 15.5. The van der Waals surface area contributed by atoms with Crippen molar-refractivity contribution in [2.75, 3.05) is 37.7 Å². The molecule has 1 aliphatic heterocycles. The average molecular weight is 360 g/mol. The number of rotatable bonds is 5. The number of nitrogens with zero attached hydrogens (tertiary/aromatic N) is 1. The van der Waals surface area contributed by atoms with Gasteiger partial charge in [0.05, 0.1) is 13.2 Å². The van der Waals surface area contributed by atoms with Crippen molar-refractivity contribution in [2.24, 2.45) is 10.9 Å². The van der Waals surface area contributed by atoms with E-state index in [2.05, 4.69) is 23.8 Å². The van der Waals surface area contributed by atoms with Gasteiger partial charge >= 0.3 is 0 Å². The standard InChI is InChI=1S/C18H27ClFNOS/c1-23(2,3)12-11-22-13-14-7-6-9-16(20)17-15(14)8-4-5-10-21-18(17)19/h5,9-10,14H,4,6-8,11-13H2,1-3H3. The van der Waals surface area contributed by atoms with E-state index in [1.165, 1.54) is 0 Å². The zero-order valence-electron chi connectivity index (χ0n) is 14.3. The Labute approximate surface area is 145 Å². The van der Waals surface area contributed by atoms with Crippen LogP contribution in [0.15, 0.2) is 40.3 Å². The fourth-order valence-electron chi connectivity index (χ4n) is 2.82. The summed E-state index contributed by atoms with van der Waals surface area (Å²) in [5, 5.41) is 0.260. The molecule has 0 spiro atoms. The third kappa shape index (κ3) is 5.77. The van der Waals surface area contributed by atoms with E-state index in [9.17, 15) is 4.39 Å². The lowest BCUT2D eigenvalue weighted by atomic mass is 9.89. The minimum atomic E-state index is -0.542. The Morgan fingerprint density at radius 3 is 2.87 bits per heavy atom. The maximum atomic E-state index is 14.4. The fourth-order valence-corrected chi connectivity index (χ4v) is 3.71. The van der Waals surface area contributed by atoms with E-state index in [0.29, 0.717) is 12.2 Å². The van der Waals surface area contributed by atoms with Crippen molar-refractivity contribution in [3.8, 4) is 0 Å². The van der Waals surface area contributed by atoms with Crippen LogP contribution in [0.5, 0.6) is 0 Å². The van der Waals surface area contributed by atoms with Gasteiger partial charge in [0.25, 0.3) is 0 Å². The van der Waals surface area contributed by atoms with E-state index in [1.807, 2.05) is 6.08 Å². The van der Waals surface area contributed by atoms with Gasteiger partial charge < -0.3 is 4.74 Å². The van der Waals surface area contributed by atoms with Crippen molar-refractivity contribution in [1.82, 2.24) is 0 Å². The lowest BCUT2D eigenvalue weighted by Crippen LogP contribution is -2.18. The van der Waals surface area contributed by atoms with Gasteiger partial charge in [-0.05, 0) is 50.5 Å². The predicted octanol–water partition coefficient (Wildman–Crippen LogP) is 5.20. The van der Waals surface area contributed by atoms with Crippen molar-refractivity contribution in [1.29, 1.82) is 0 Å². The molecule has 2 rings (SSSR count). The number of aliphatic imine (C=N–C) groups is 1. The maximum absolute atomic E-state index is 14.4. The van der Waals surface area contributed by atoms with Crippen LogP contribution in [0.3, 0.4) is 0 Å². The average Bonchev–Trinajstić information content (AvgIpc) is 2.58. The highest BCUT2D eigenvalue weighted by Gasteiger charge is 2.26.